The highest BCUT2D eigenvalue weighted by molar-refractivity contribution is 5.85. The Balaban J connectivity index is 1.07. The lowest BCUT2D eigenvalue weighted by Crippen LogP contribution is -2.51. The zero-order valence-corrected chi connectivity index (χ0v) is 23.1. The van der Waals surface area contributed by atoms with E-state index in [0.29, 0.717) is 25.7 Å². The zero-order valence-electron chi connectivity index (χ0n) is 23.1. The first kappa shape index (κ1) is 28.4. The fourth-order valence-corrected chi connectivity index (χ4v) is 5.86. The fraction of sp³-hybridized carbons (Fsp3) is 0.364. The molecule has 0 aliphatic heterocycles. The highest BCUT2D eigenvalue weighted by Crippen LogP contribution is 2.44. The van der Waals surface area contributed by atoms with Gasteiger partial charge >= 0.3 is 12.1 Å². The molecule has 1 saturated carbocycles. The maximum atomic E-state index is 12.9. The molecule has 2 aliphatic rings. The van der Waals surface area contributed by atoms with E-state index in [0.717, 1.165) is 16.7 Å². The van der Waals surface area contributed by atoms with E-state index in [1.165, 1.54) is 11.1 Å². The van der Waals surface area contributed by atoms with Crippen molar-refractivity contribution in [1.29, 1.82) is 0 Å². The summed E-state index contributed by atoms with van der Waals surface area (Å²) in [5.41, 5.74) is 5.60. The molecule has 3 aromatic carbocycles. The molecular formula is C33H36N2O6. The largest absolute Gasteiger partial charge is 0.480 e. The van der Waals surface area contributed by atoms with Crippen LogP contribution in [0.15, 0.2) is 78.9 Å². The van der Waals surface area contributed by atoms with Gasteiger partial charge in [-0.2, -0.15) is 0 Å². The Morgan fingerprint density at radius 1 is 0.854 bits per heavy atom. The second kappa shape index (κ2) is 13.0. The molecule has 214 valence electrons. The monoisotopic (exact) mass is 556 g/mol. The molecule has 5 rings (SSSR count). The minimum atomic E-state index is -1.15. The molecule has 0 bridgehead atoms. The Bertz CT molecular complexity index is 1320. The number of hydrogen-bond donors (Lipinski definition) is 3. The van der Waals surface area contributed by atoms with Gasteiger partial charge in [-0.25, -0.2) is 9.59 Å². The summed E-state index contributed by atoms with van der Waals surface area (Å²) in [7, 11) is 0. The van der Waals surface area contributed by atoms with E-state index in [1.54, 1.807) is 6.92 Å². The number of rotatable bonds is 10. The lowest BCUT2D eigenvalue weighted by atomic mass is 9.85. The number of ether oxygens (including phenoxy) is 2. The van der Waals surface area contributed by atoms with Crippen molar-refractivity contribution in [2.24, 2.45) is 5.92 Å². The number of fused-ring (bicyclic) bond motifs is 3. The molecule has 0 heterocycles. The van der Waals surface area contributed by atoms with E-state index in [2.05, 4.69) is 34.9 Å². The Kier molecular flexibility index (Phi) is 8.99. The van der Waals surface area contributed by atoms with Crippen LogP contribution in [0.3, 0.4) is 0 Å². The molecule has 3 N–H and O–H groups in total. The normalized spacial score (nSPS) is 19.3. The fourth-order valence-electron chi connectivity index (χ4n) is 5.86. The number of alkyl carbamates (subject to hydrolysis) is 1. The van der Waals surface area contributed by atoms with Crippen LogP contribution in [0.2, 0.25) is 0 Å². The first-order valence-electron chi connectivity index (χ1n) is 14.2. The average molecular weight is 557 g/mol. The van der Waals surface area contributed by atoms with Gasteiger partial charge in [0.2, 0.25) is 5.91 Å². The van der Waals surface area contributed by atoms with Gasteiger partial charge in [-0.05, 0) is 60.4 Å². The standard InChI is InChI=1S/C33H36N2O6/c1-21(40-19-22-9-3-2-4-10-22)30(32(37)38)35-31(36)23-15-17-24(18-16-23)34-33(39)41-20-29-27-13-7-5-11-25(27)26-12-6-8-14-28(26)29/h2-14,21,23-24,29-30H,15-20H2,1H3,(H,34,39)(H,35,36)(H,37,38)/t21-,23?,24?,30+/m1/s1. The van der Waals surface area contributed by atoms with Gasteiger partial charge in [0.05, 0.1) is 12.7 Å². The Morgan fingerprint density at radius 2 is 1.44 bits per heavy atom. The topological polar surface area (TPSA) is 114 Å². The van der Waals surface area contributed by atoms with Crippen LogP contribution in [0, 0.1) is 5.92 Å². The van der Waals surface area contributed by atoms with Crippen LogP contribution in [0.25, 0.3) is 11.1 Å². The van der Waals surface area contributed by atoms with Crippen molar-refractivity contribution >= 4 is 18.0 Å². The summed E-state index contributed by atoms with van der Waals surface area (Å²) in [4.78, 5) is 37.5. The van der Waals surface area contributed by atoms with Crippen molar-refractivity contribution in [3.8, 4) is 11.1 Å². The molecule has 2 aliphatic carbocycles. The quantitative estimate of drug-likeness (QED) is 0.314. The Morgan fingerprint density at radius 3 is 2.05 bits per heavy atom. The third-order valence-electron chi connectivity index (χ3n) is 8.15. The number of carbonyl (C=O) groups excluding carboxylic acids is 2. The second-order valence-electron chi connectivity index (χ2n) is 10.8. The number of benzene rings is 3. The predicted octanol–water partition coefficient (Wildman–Crippen LogP) is 5.26. The van der Waals surface area contributed by atoms with Gasteiger partial charge in [0.1, 0.15) is 6.61 Å². The number of amides is 2. The zero-order chi connectivity index (χ0) is 28.8. The summed E-state index contributed by atoms with van der Waals surface area (Å²) in [6, 6.07) is 24.6. The van der Waals surface area contributed by atoms with Crippen LogP contribution in [0.5, 0.6) is 0 Å². The van der Waals surface area contributed by atoms with Crippen molar-refractivity contribution in [2.75, 3.05) is 6.61 Å². The van der Waals surface area contributed by atoms with Gasteiger partial charge in [0, 0.05) is 17.9 Å². The number of carbonyl (C=O) groups is 3. The van der Waals surface area contributed by atoms with Crippen LogP contribution in [-0.2, 0) is 25.7 Å². The Hall–Kier alpha value is -4.17. The van der Waals surface area contributed by atoms with E-state index in [1.807, 2.05) is 54.6 Å². The minimum Gasteiger partial charge on any atom is -0.480 e. The van der Waals surface area contributed by atoms with Crippen LogP contribution < -0.4 is 10.6 Å². The molecule has 1 fully saturated rings. The summed E-state index contributed by atoms with van der Waals surface area (Å²) >= 11 is 0. The van der Waals surface area contributed by atoms with Gasteiger partial charge in [0.15, 0.2) is 6.04 Å². The van der Waals surface area contributed by atoms with Crippen LogP contribution >= 0.6 is 0 Å². The molecule has 41 heavy (non-hydrogen) atoms. The second-order valence-corrected chi connectivity index (χ2v) is 10.8. The van der Waals surface area contributed by atoms with Gasteiger partial charge < -0.3 is 25.2 Å². The molecule has 8 nitrogen and oxygen atoms in total. The number of aliphatic carboxylic acids is 1. The van der Waals surface area contributed by atoms with Crippen molar-refractivity contribution in [3.63, 3.8) is 0 Å². The lowest BCUT2D eigenvalue weighted by molar-refractivity contribution is -0.147. The summed E-state index contributed by atoms with van der Waals surface area (Å²) in [5, 5.41) is 15.3. The van der Waals surface area contributed by atoms with E-state index in [-0.39, 0.29) is 37.0 Å². The minimum absolute atomic E-state index is 0.00572. The van der Waals surface area contributed by atoms with Crippen molar-refractivity contribution in [3.05, 3.63) is 95.6 Å². The molecule has 0 radical (unpaired) electrons. The summed E-state index contributed by atoms with van der Waals surface area (Å²) in [6.07, 6.45) is 1.15. The molecule has 2 amide bonds. The van der Waals surface area contributed by atoms with Gasteiger partial charge in [-0.3, -0.25) is 4.79 Å². The lowest BCUT2D eigenvalue weighted by Gasteiger charge is -2.30. The molecular weight excluding hydrogens is 520 g/mol. The number of carboxylic acid groups (broad SMARTS) is 1. The van der Waals surface area contributed by atoms with E-state index in [9.17, 15) is 19.5 Å². The van der Waals surface area contributed by atoms with E-state index in [4.69, 9.17) is 9.47 Å². The molecule has 0 aromatic heterocycles. The van der Waals surface area contributed by atoms with E-state index < -0.39 is 24.2 Å². The molecule has 2 atom stereocenters. The maximum Gasteiger partial charge on any atom is 0.407 e. The van der Waals surface area contributed by atoms with Crippen LogP contribution in [0.1, 0.15) is 55.2 Å². The maximum absolute atomic E-state index is 12.9. The van der Waals surface area contributed by atoms with Crippen LogP contribution in [-0.4, -0.2) is 47.9 Å². The van der Waals surface area contributed by atoms with Gasteiger partial charge in [-0.15, -0.1) is 0 Å². The molecule has 8 heteroatoms. The first-order chi connectivity index (χ1) is 19.9. The van der Waals surface area contributed by atoms with Crippen LogP contribution in [0.4, 0.5) is 4.79 Å². The summed E-state index contributed by atoms with van der Waals surface area (Å²) in [5.74, 6) is -1.76. The summed E-state index contributed by atoms with van der Waals surface area (Å²) in [6.45, 7) is 2.16. The number of nitrogens with one attached hydrogen (secondary N) is 2. The van der Waals surface area contributed by atoms with E-state index >= 15 is 0 Å². The third-order valence-corrected chi connectivity index (χ3v) is 8.15. The van der Waals surface area contributed by atoms with Crippen molar-refractivity contribution in [1.82, 2.24) is 10.6 Å². The number of carboxylic acids is 1. The first-order valence-corrected chi connectivity index (χ1v) is 14.2. The molecule has 3 aromatic rings. The number of hydrogen-bond acceptors (Lipinski definition) is 5. The van der Waals surface area contributed by atoms with Crippen molar-refractivity contribution in [2.45, 2.75) is 63.3 Å². The molecule has 0 saturated heterocycles. The average Bonchev–Trinajstić information content (AvgIpc) is 3.32. The molecule has 0 unspecified atom stereocenters. The van der Waals surface area contributed by atoms with Gasteiger partial charge in [-0.1, -0.05) is 78.9 Å². The smallest absolute Gasteiger partial charge is 0.407 e. The Labute approximate surface area is 240 Å². The van der Waals surface area contributed by atoms with Gasteiger partial charge in [0.25, 0.3) is 0 Å². The van der Waals surface area contributed by atoms with Crippen molar-refractivity contribution < 1.29 is 29.0 Å². The highest BCUT2D eigenvalue weighted by Gasteiger charge is 2.33. The SMILES string of the molecule is C[C@@H](OCc1ccccc1)[C@H](NC(=O)C1CCC(NC(=O)OCC2c3ccccc3-c3ccccc32)CC1)C(=O)O. The summed E-state index contributed by atoms with van der Waals surface area (Å²) < 4.78 is 11.4. The highest BCUT2D eigenvalue weighted by atomic mass is 16.5. The molecule has 0 spiro atoms. The predicted molar refractivity (Wildman–Crippen MR) is 154 cm³/mol. The third kappa shape index (κ3) is 6.77.